The SMILES string of the molecule is N#Cc1c(Cl)ncnc1-c1cccc([N]c2ccc(C(F)(F)F)cc2)c1. The third-order valence-electron chi connectivity index (χ3n) is 3.49. The van der Waals surface area contributed by atoms with Crippen molar-refractivity contribution in [3.63, 3.8) is 0 Å². The number of rotatable bonds is 3. The minimum atomic E-state index is -4.39. The van der Waals surface area contributed by atoms with Gasteiger partial charge in [-0.05, 0) is 36.4 Å². The molecule has 3 aromatic rings. The maximum atomic E-state index is 12.6. The Morgan fingerprint density at radius 2 is 1.73 bits per heavy atom. The van der Waals surface area contributed by atoms with Crippen molar-refractivity contribution in [2.24, 2.45) is 0 Å². The van der Waals surface area contributed by atoms with Gasteiger partial charge in [-0.25, -0.2) is 15.3 Å². The molecule has 0 aliphatic rings. The zero-order valence-electron chi connectivity index (χ0n) is 13.0. The van der Waals surface area contributed by atoms with Gasteiger partial charge in [0, 0.05) is 5.56 Å². The highest BCUT2D eigenvalue weighted by atomic mass is 35.5. The smallest absolute Gasteiger partial charge is 0.249 e. The Balaban J connectivity index is 1.89. The number of hydrogen-bond donors (Lipinski definition) is 0. The van der Waals surface area contributed by atoms with Crippen molar-refractivity contribution in [3.8, 4) is 17.3 Å². The normalized spacial score (nSPS) is 11.0. The summed E-state index contributed by atoms with van der Waals surface area (Å²) >= 11 is 5.91. The molecular formula is C18H9ClF3N4. The van der Waals surface area contributed by atoms with Gasteiger partial charge in [0.25, 0.3) is 0 Å². The number of halogens is 4. The van der Waals surface area contributed by atoms with E-state index in [0.717, 1.165) is 12.1 Å². The molecule has 0 fully saturated rings. The first-order valence-corrected chi connectivity index (χ1v) is 7.66. The van der Waals surface area contributed by atoms with Crippen molar-refractivity contribution in [1.29, 1.82) is 5.26 Å². The van der Waals surface area contributed by atoms with Gasteiger partial charge in [-0.15, -0.1) is 0 Å². The van der Waals surface area contributed by atoms with Gasteiger partial charge in [0.15, 0.2) is 5.15 Å². The molecule has 0 spiro atoms. The lowest BCUT2D eigenvalue weighted by Crippen LogP contribution is -2.04. The Morgan fingerprint density at radius 1 is 1.00 bits per heavy atom. The van der Waals surface area contributed by atoms with Gasteiger partial charge in [0.2, 0.25) is 0 Å². The van der Waals surface area contributed by atoms with E-state index in [-0.39, 0.29) is 10.7 Å². The van der Waals surface area contributed by atoms with Crippen molar-refractivity contribution >= 4 is 23.0 Å². The molecule has 0 atom stereocenters. The maximum Gasteiger partial charge on any atom is 0.416 e. The first kappa shape index (κ1) is 17.7. The maximum absolute atomic E-state index is 12.6. The minimum Gasteiger partial charge on any atom is -0.249 e. The topological polar surface area (TPSA) is 63.7 Å². The summed E-state index contributed by atoms with van der Waals surface area (Å²) in [6, 6.07) is 13.3. The van der Waals surface area contributed by atoms with E-state index in [1.807, 2.05) is 6.07 Å². The van der Waals surface area contributed by atoms with E-state index in [9.17, 15) is 18.4 Å². The molecule has 0 aliphatic heterocycles. The van der Waals surface area contributed by atoms with Crippen LogP contribution in [0.3, 0.4) is 0 Å². The monoisotopic (exact) mass is 373 g/mol. The fourth-order valence-corrected chi connectivity index (χ4v) is 2.45. The molecule has 0 aliphatic carbocycles. The van der Waals surface area contributed by atoms with E-state index >= 15 is 0 Å². The van der Waals surface area contributed by atoms with Gasteiger partial charge in [0.05, 0.1) is 22.6 Å². The highest BCUT2D eigenvalue weighted by Gasteiger charge is 2.29. The van der Waals surface area contributed by atoms with Crippen LogP contribution in [0, 0.1) is 11.3 Å². The summed E-state index contributed by atoms with van der Waals surface area (Å²) in [4.78, 5) is 7.85. The van der Waals surface area contributed by atoms with Crippen LogP contribution in [0.15, 0.2) is 54.9 Å². The van der Waals surface area contributed by atoms with Gasteiger partial charge in [-0.2, -0.15) is 18.4 Å². The fourth-order valence-electron chi connectivity index (χ4n) is 2.28. The van der Waals surface area contributed by atoms with E-state index in [1.54, 1.807) is 24.3 Å². The summed E-state index contributed by atoms with van der Waals surface area (Å²) in [5.74, 6) is 0. The van der Waals surface area contributed by atoms with Crippen LogP contribution in [0.2, 0.25) is 5.15 Å². The first-order valence-electron chi connectivity index (χ1n) is 7.28. The van der Waals surface area contributed by atoms with Crippen LogP contribution in [0.1, 0.15) is 11.1 Å². The molecule has 1 radical (unpaired) electrons. The Hall–Kier alpha value is -3.11. The Bertz CT molecular complexity index is 979. The van der Waals surface area contributed by atoms with Gasteiger partial charge >= 0.3 is 6.18 Å². The molecule has 1 heterocycles. The third-order valence-corrected chi connectivity index (χ3v) is 3.77. The predicted molar refractivity (Wildman–Crippen MR) is 90.1 cm³/mol. The van der Waals surface area contributed by atoms with Crippen LogP contribution in [-0.4, -0.2) is 9.97 Å². The number of alkyl halides is 3. The van der Waals surface area contributed by atoms with Crippen molar-refractivity contribution in [3.05, 3.63) is 71.1 Å². The second-order valence-electron chi connectivity index (χ2n) is 5.21. The molecule has 0 unspecified atom stereocenters. The number of nitriles is 1. The quantitative estimate of drug-likeness (QED) is 0.588. The molecule has 1 aromatic heterocycles. The molecule has 3 rings (SSSR count). The zero-order valence-corrected chi connectivity index (χ0v) is 13.8. The number of aromatic nitrogens is 2. The lowest BCUT2D eigenvalue weighted by Gasteiger charge is -2.09. The Morgan fingerprint density at radius 3 is 2.38 bits per heavy atom. The van der Waals surface area contributed by atoms with Crippen molar-refractivity contribution in [2.75, 3.05) is 0 Å². The minimum absolute atomic E-state index is 0.0441. The standard InChI is InChI=1S/C18H9ClF3N4/c19-17-15(9-23)16(24-10-25-17)11-2-1-3-14(8-11)26-13-6-4-12(5-7-13)18(20,21)22/h1-8,10H. The van der Waals surface area contributed by atoms with Gasteiger partial charge in [-0.1, -0.05) is 23.7 Å². The molecule has 0 amide bonds. The molecule has 8 heteroatoms. The highest BCUT2D eigenvalue weighted by molar-refractivity contribution is 6.30. The predicted octanol–water partition coefficient (Wildman–Crippen LogP) is 5.26. The van der Waals surface area contributed by atoms with Crippen LogP contribution in [-0.2, 0) is 6.18 Å². The number of benzene rings is 2. The van der Waals surface area contributed by atoms with E-state index < -0.39 is 11.7 Å². The van der Waals surface area contributed by atoms with Crippen LogP contribution in [0.25, 0.3) is 11.3 Å². The lowest BCUT2D eigenvalue weighted by molar-refractivity contribution is -0.137. The molecule has 0 bridgehead atoms. The highest BCUT2D eigenvalue weighted by Crippen LogP contribution is 2.31. The summed E-state index contributed by atoms with van der Waals surface area (Å²) < 4.78 is 37.8. The molecule has 2 aromatic carbocycles. The van der Waals surface area contributed by atoms with E-state index in [1.165, 1.54) is 18.5 Å². The summed E-state index contributed by atoms with van der Waals surface area (Å²) in [5.41, 5.74) is 1.23. The molecule has 0 saturated heterocycles. The summed E-state index contributed by atoms with van der Waals surface area (Å²) in [5, 5.41) is 13.6. The van der Waals surface area contributed by atoms with Gasteiger partial charge in [0.1, 0.15) is 18.0 Å². The molecule has 129 valence electrons. The van der Waals surface area contributed by atoms with E-state index in [0.29, 0.717) is 22.6 Å². The Labute approximate surface area is 151 Å². The van der Waals surface area contributed by atoms with Crippen LogP contribution < -0.4 is 5.32 Å². The van der Waals surface area contributed by atoms with Crippen LogP contribution in [0.4, 0.5) is 24.5 Å². The average Bonchev–Trinajstić information content (AvgIpc) is 2.61. The van der Waals surface area contributed by atoms with Crippen molar-refractivity contribution < 1.29 is 13.2 Å². The third kappa shape index (κ3) is 3.76. The molecule has 0 saturated carbocycles. The second kappa shape index (κ2) is 7.02. The van der Waals surface area contributed by atoms with Crippen LogP contribution >= 0.6 is 11.6 Å². The zero-order chi connectivity index (χ0) is 18.7. The summed E-state index contributed by atoms with van der Waals surface area (Å²) in [6.45, 7) is 0. The number of nitrogens with zero attached hydrogens (tertiary/aromatic N) is 4. The van der Waals surface area contributed by atoms with E-state index in [2.05, 4.69) is 15.3 Å². The molecule has 4 nitrogen and oxygen atoms in total. The summed E-state index contributed by atoms with van der Waals surface area (Å²) in [6.07, 6.45) is -3.14. The summed E-state index contributed by atoms with van der Waals surface area (Å²) in [7, 11) is 0. The number of hydrogen-bond acceptors (Lipinski definition) is 3. The van der Waals surface area contributed by atoms with Crippen LogP contribution in [0.5, 0.6) is 0 Å². The lowest BCUT2D eigenvalue weighted by atomic mass is 10.1. The molecule has 0 N–H and O–H groups in total. The van der Waals surface area contributed by atoms with Gasteiger partial charge < -0.3 is 0 Å². The first-order chi connectivity index (χ1) is 12.4. The molecular weight excluding hydrogens is 365 g/mol. The Kier molecular flexibility index (Phi) is 4.78. The van der Waals surface area contributed by atoms with Crippen molar-refractivity contribution in [1.82, 2.24) is 15.3 Å². The van der Waals surface area contributed by atoms with Crippen molar-refractivity contribution in [2.45, 2.75) is 6.18 Å². The average molecular weight is 374 g/mol. The van der Waals surface area contributed by atoms with E-state index in [4.69, 9.17) is 11.6 Å². The largest absolute Gasteiger partial charge is 0.416 e. The second-order valence-corrected chi connectivity index (χ2v) is 5.56. The fraction of sp³-hybridized carbons (Fsp3) is 0.0556. The molecule has 26 heavy (non-hydrogen) atoms. The van der Waals surface area contributed by atoms with Gasteiger partial charge in [-0.3, -0.25) is 0 Å².